The molecule has 0 heterocycles. The van der Waals surface area contributed by atoms with Crippen molar-refractivity contribution in [3.05, 3.63) is 0 Å². The standard InChI is InChI=1S/C20H37N3O5/c1-12(2)11-16(15(5)24)21-17(25)13(3)22(9)18(26)14(4)23(10)19(27)28-20(6,7)8/h12-14,16H,11H2,1-10H3,(H,21,25)/t13-,14+,16-/m1/s1. The lowest BCUT2D eigenvalue weighted by Crippen LogP contribution is -2.55. The highest BCUT2D eigenvalue weighted by molar-refractivity contribution is 5.93. The second kappa shape index (κ2) is 10.4. The highest BCUT2D eigenvalue weighted by Gasteiger charge is 2.32. The molecule has 0 fully saturated rings. The van der Waals surface area contributed by atoms with E-state index in [0.29, 0.717) is 6.42 Å². The van der Waals surface area contributed by atoms with Crippen molar-refractivity contribution in [1.82, 2.24) is 15.1 Å². The number of ether oxygens (including phenoxy) is 1. The Bertz CT molecular complexity index is 583. The number of nitrogens with zero attached hydrogens (tertiary/aromatic N) is 2. The quantitative estimate of drug-likeness (QED) is 0.675. The first kappa shape index (κ1) is 25.9. The Hall–Kier alpha value is -2.12. The zero-order valence-corrected chi connectivity index (χ0v) is 19.0. The summed E-state index contributed by atoms with van der Waals surface area (Å²) in [6.07, 6.45) is -0.0871. The number of amides is 3. The molecule has 28 heavy (non-hydrogen) atoms. The van der Waals surface area contributed by atoms with Crippen molar-refractivity contribution >= 4 is 23.7 Å². The first-order chi connectivity index (χ1) is 12.6. The summed E-state index contributed by atoms with van der Waals surface area (Å²) in [6.45, 7) is 13.8. The smallest absolute Gasteiger partial charge is 0.410 e. The van der Waals surface area contributed by atoms with Gasteiger partial charge in [-0.1, -0.05) is 13.8 Å². The first-order valence-electron chi connectivity index (χ1n) is 9.61. The molecule has 0 saturated carbocycles. The van der Waals surface area contributed by atoms with E-state index in [0.717, 1.165) is 0 Å². The monoisotopic (exact) mass is 399 g/mol. The Labute approximate surface area is 169 Å². The number of nitrogens with one attached hydrogen (secondary N) is 1. The first-order valence-corrected chi connectivity index (χ1v) is 9.61. The topological polar surface area (TPSA) is 96.0 Å². The van der Waals surface area contributed by atoms with Crippen molar-refractivity contribution in [3.63, 3.8) is 0 Å². The Morgan fingerprint density at radius 2 is 1.43 bits per heavy atom. The van der Waals surface area contributed by atoms with E-state index in [1.54, 1.807) is 34.6 Å². The molecule has 0 aromatic heterocycles. The molecule has 0 radical (unpaired) electrons. The van der Waals surface area contributed by atoms with E-state index >= 15 is 0 Å². The van der Waals surface area contributed by atoms with Gasteiger partial charge in [0.15, 0.2) is 5.78 Å². The molecular weight excluding hydrogens is 362 g/mol. The fraction of sp³-hybridized carbons (Fsp3) is 0.800. The van der Waals surface area contributed by atoms with E-state index in [-0.39, 0.29) is 11.7 Å². The number of likely N-dealkylation sites (N-methyl/N-ethyl adjacent to an activating group) is 2. The normalized spacial score (nSPS) is 14.7. The number of Topliss-reactive ketones (excluding diaryl/α,β-unsaturated/α-hetero) is 1. The maximum absolute atomic E-state index is 12.7. The van der Waals surface area contributed by atoms with Crippen molar-refractivity contribution in [2.45, 2.75) is 85.5 Å². The van der Waals surface area contributed by atoms with Gasteiger partial charge in [0.25, 0.3) is 0 Å². The fourth-order valence-corrected chi connectivity index (χ4v) is 2.41. The van der Waals surface area contributed by atoms with Gasteiger partial charge < -0.3 is 15.0 Å². The molecule has 0 aliphatic rings. The van der Waals surface area contributed by atoms with Crippen LogP contribution in [0.5, 0.6) is 0 Å². The predicted octanol–water partition coefficient (Wildman–Crippen LogP) is 2.21. The maximum atomic E-state index is 12.7. The van der Waals surface area contributed by atoms with Crippen molar-refractivity contribution in [1.29, 1.82) is 0 Å². The molecule has 0 bridgehead atoms. The number of hydrogen-bond acceptors (Lipinski definition) is 5. The highest BCUT2D eigenvalue weighted by Crippen LogP contribution is 2.13. The molecule has 162 valence electrons. The van der Waals surface area contributed by atoms with Gasteiger partial charge in [-0.15, -0.1) is 0 Å². The molecule has 0 aliphatic heterocycles. The van der Waals surface area contributed by atoms with Crippen LogP contribution < -0.4 is 5.32 Å². The van der Waals surface area contributed by atoms with Gasteiger partial charge in [0.2, 0.25) is 11.8 Å². The third kappa shape index (κ3) is 8.27. The molecule has 3 amide bonds. The van der Waals surface area contributed by atoms with Crippen LogP contribution in [-0.2, 0) is 19.1 Å². The SMILES string of the molecule is CC(=O)[C@@H](CC(C)C)NC(=O)[C@@H](C)N(C)C(=O)[C@H](C)N(C)C(=O)OC(C)(C)C. The third-order valence-electron chi connectivity index (χ3n) is 4.44. The lowest BCUT2D eigenvalue weighted by molar-refractivity contribution is -0.142. The minimum Gasteiger partial charge on any atom is -0.444 e. The largest absolute Gasteiger partial charge is 0.444 e. The molecule has 0 aliphatic carbocycles. The van der Waals surface area contributed by atoms with Gasteiger partial charge in [-0.3, -0.25) is 19.3 Å². The average Bonchev–Trinajstić information content (AvgIpc) is 2.55. The van der Waals surface area contributed by atoms with Crippen LogP contribution in [0.1, 0.15) is 61.8 Å². The van der Waals surface area contributed by atoms with Crippen LogP contribution in [0.25, 0.3) is 0 Å². The van der Waals surface area contributed by atoms with E-state index < -0.39 is 41.6 Å². The molecule has 0 spiro atoms. The third-order valence-corrected chi connectivity index (χ3v) is 4.44. The molecule has 0 aromatic carbocycles. The van der Waals surface area contributed by atoms with Crippen molar-refractivity contribution in [2.75, 3.05) is 14.1 Å². The van der Waals surface area contributed by atoms with Crippen molar-refractivity contribution < 1.29 is 23.9 Å². The Morgan fingerprint density at radius 3 is 1.82 bits per heavy atom. The highest BCUT2D eigenvalue weighted by atomic mass is 16.6. The van der Waals surface area contributed by atoms with Gasteiger partial charge in [-0.2, -0.15) is 0 Å². The van der Waals surface area contributed by atoms with Crippen LogP contribution in [0.2, 0.25) is 0 Å². The average molecular weight is 400 g/mol. The Kier molecular flexibility index (Phi) is 9.64. The summed E-state index contributed by atoms with van der Waals surface area (Å²) in [6, 6.07) is -2.19. The van der Waals surface area contributed by atoms with E-state index in [1.807, 2.05) is 13.8 Å². The minimum atomic E-state index is -0.811. The van der Waals surface area contributed by atoms with Gasteiger partial charge >= 0.3 is 6.09 Å². The van der Waals surface area contributed by atoms with E-state index in [2.05, 4.69) is 5.32 Å². The van der Waals surface area contributed by atoms with Gasteiger partial charge in [-0.25, -0.2) is 4.79 Å². The van der Waals surface area contributed by atoms with Gasteiger partial charge in [-0.05, 0) is 53.9 Å². The zero-order valence-electron chi connectivity index (χ0n) is 19.0. The van der Waals surface area contributed by atoms with Gasteiger partial charge in [0.1, 0.15) is 17.7 Å². The maximum Gasteiger partial charge on any atom is 0.410 e. The summed E-state index contributed by atoms with van der Waals surface area (Å²) >= 11 is 0. The van der Waals surface area contributed by atoms with Gasteiger partial charge in [0.05, 0.1) is 6.04 Å². The van der Waals surface area contributed by atoms with E-state index in [9.17, 15) is 19.2 Å². The summed E-state index contributed by atoms with van der Waals surface area (Å²) < 4.78 is 5.27. The summed E-state index contributed by atoms with van der Waals surface area (Å²) in [5.74, 6) is -0.698. The second-order valence-electron chi connectivity index (χ2n) is 8.69. The number of hydrogen-bond donors (Lipinski definition) is 1. The van der Waals surface area contributed by atoms with E-state index in [1.165, 1.54) is 30.8 Å². The van der Waals surface area contributed by atoms with Crippen LogP contribution in [0, 0.1) is 5.92 Å². The number of rotatable bonds is 8. The summed E-state index contributed by atoms with van der Waals surface area (Å²) in [7, 11) is 2.97. The van der Waals surface area contributed by atoms with Crippen molar-refractivity contribution in [3.8, 4) is 0 Å². The minimum absolute atomic E-state index is 0.124. The molecule has 3 atom stereocenters. The number of ketones is 1. The molecular formula is C20H37N3O5. The van der Waals surface area contributed by atoms with Crippen LogP contribution in [-0.4, -0.2) is 71.3 Å². The summed E-state index contributed by atoms with van der Waals surface area (Å²) in [5, 5.41) is 2.72. The molecule has 8 heteroatoms. The molecule has 8 nitrogen and oxygen atoms in total. The fourth-order valence-electron chi connectivity index (χ4n) is 2.41. The van der Waals surface area contributed by atoms with Crippen molar-refractivity contribution in [2.24, 2.45) is 5.92 Å². The Balaban J connectivity index is 5.06. The van der Waals surface area contributed by atoms with Crippen LogP contribution >= 0.6 is 0 Å². The zero-order chi connectivity index (χ0) is 22.4. The molecule has 0 saturated heterocycles. The predicted molar refractivity (Wildman–Crippen MR) is 108 cm³/mol. The van der Waals surface area contributed by atoms with Crippen LogP contribution in [0.15, 0.2) is 0 Å². The number of carbonyl (C=O) groups is 4. The molecule has 0 unspecified atom stereocenters. The lowest BCUT2D eigenvalue weighted by atomic mass is 10.0. The van der Waals surface area contributed by atoms with Gasteiger partial charge in [0, 0.05) is 14.1 Å². The molecule has 0 aromatic rings. The van der Waals surface area contributed by atoms with Crippen LogP contribution in [0.4, 0.5) is 4.79 Å². The second-order valence-corrected chi connectivity index (χ2v) is 8.69. The molecule has 0 rings (SSSR count). The van der Waals surface area contributed by atoms with E-state index in [4.69, 9.17) is 4.74 Å². The molecule has 1 N–H and O–H groups in total. The van der Waals surface area contributed by atoms with Crippen LogP contribution in [0.3, 0.4) is 0 Å². The summed E-state index contributed by atoms with van der Waals surface area (Å²) in [5.41, 5.74) is -0.675. The lowest BCUT2D eigenvalue weighted by Gasteiger charge is -2.32. The Morgan fingerprint density at radius 1 is 0.929 bits per heavy atom. The number of carbonyl (C=O) groups excluding carboxylic acids is 4. The summed E-state index contributed by atoms with van der Waals surface area (Å²) in [4.78, 5) is 51.7.